The van der Waals surface area contributed by atoms with Crippen molar-refractivity contribution in [1.29, 1.82) is 0 Å². The Morgan fingerprint density at radius 1 is 1.50 bits per heavy atom. The molecule has 0 aliphatic carbocycles. The van der Waals surface area contributed by atoms with Crippen LogP contribution in [0.4, 0.5) is 4.39 Å². The number of aliphatic hydroxyl groups is 1. The maximum Gasteiger partial charge on any atom is 0.165 e. The lowest BCUT2D eigenvalue weighted by atomic mass is 10.1. The van der Waals surface area contributed by atoms with Gasteiger partial charge in [-0.3, -0.25) is 0 Å². The highest BCUT2D eigenvalue weighted by Crippen LogP contribution is 2.17. The molecule has 1 atom stereocenters. The molecule has 1 aromatic carbocycles. The first-order chi connectivity index (χ1) is 8.56. The molecular formula is C13H21FN2O2. The number of methoxy groups -OCH3 is 1. The molecule has 1 unspecified atom stereocenters. The van der Waals surface area contributed by atoms with Gasteiger partial charge in [0.25, 0.3) is 0 Å². The maximum atomic E-state index is 13.4. The predicted molar refractivity (Wildman–Crippen MR) is 69.2 cm³/mol. The molecule has 0 aliphatic heterocycles. The zero-order valence-corrected chi connectivity index (χ0v) is 10.9. The molecular weight excluding hydrogens is 235 g/mol. The standard InChI is InChI=1S/C13H21FN2O2/c1-16(8-11(15)9-17)6-5-10-3-4-13(18-2)12(14)7-10/h3-4,7,11,17H,5-6,8-9,15H2,1-2H3. The van der Waals surface area contributed by atoms with Crippen LogP contribution in [0.15, 0.2) is 18.2 Å². The molecule has 0 spiro atoms. The van der Waals surface area contributed by atoms with Gasteiger partial charge in [-0.25, -0.2) is 4.39 Å². The molecule has 0 amide bonds. The number of nitrogens with zero attached hydrogens (tertiary/aromatic N) is 1. The molecule has 0 saturated carbocycles. The molecule has 0 fully saturated rings. The minimum absolute atomic E-state index is 0.0263. The Balaban J connectivity index is 2.46. The first-order valence-electron chi connectivity index (χ1n) is 5.94. The Bertz CT molecular complexity index is 374. The van der Waals surface area contributed by atoms with Gasteiger partial charge >= 0.3 is 0 Å². The SMILES string of the molecule is COc1ccc(CCN(C)CC(N)CO)cc1F. The number of halogens is 1. The fraction of sp³-hybridized carbons (Fsp3) is 0.538. The summed E-state index contributed by atoms with van der Waals surface area (Å²) < 4.78 is 18.3. The Morgan fingerprint density at radius 2 is 2.22 bits per heavy atom. The van der Waals surface area contributed by atoms with E-state index in [-0.39, 0.29) is 24.2 Å². The van der Waals surface area contributed by atoms with Gasteiger partial charge in [-0.1, -0.05) is 6.07 Å². The fourth-order valence-corrected chi connectivity index (χ4v) is 1.73. The van der Waals surface area contributed by atoms with Crippen LogP contribution in [-0.2, 0) is 6.42 Å². The summed E-state index contributed by atoms with van der Waals surface area (Å²) in [7, 11) is 3.37. The van der Waals surface area contributed by atoms with E-state index in [1.54, 1.807) is 6.07 Å². The van der Waals surface area contributed by atoms with Gasteiger partial charge in [0.05, 0.1) is 13.7 Å². The van der Waals surface area contributed by atoms with E-state index < -0.39 is 0 Å². The maximum absolute atomic E-state index is 13.4. The number of likely N-dealkylation sites (N-methyl/N-ethyl adjacent to an activating group) is 1. The van der Waals surface area contributed by atoms with Crippen LogP contribution in [0.3, 0.4) is 0 Å². The molecule has 0 aromatic heterocycles. The first-order valence-corrected chi connectivity index (χ1v) is 5.94. The van der Waals surface area contributed by atoms with Gasteiger partial charge in [-0.15, -0.1) is 0 Å². The van der Waals surface area contributed by atoms with E-state index >= 15 is 0 Å². The van der Waals surface area contributed by atoms with Crippen molar-refractivity contribution in [1.82, 2.24) is 4.90 Å². The number of rotatable bonds is 7. The van der Waals surface area contributed by atoms with Crippen molar-refractivity contribution < 1.29 is 14.2 Å². The molecule has 0 saturated heterocycles. The zero-order valence-electron chi connectivity index (χ0n) is 10.9. The second-order valence-corrected chi connectivity index (χ2v) is 4.42. The predicted octanol–water partition coefficient (Wildman–Crippen LogP) is 0.628. The normalized spacial score (nSPS) is 12.8. The monoisotopic (exact) mass is 256 g/mol. The van der Waals surface area contributed by atoms with E-state index in [4.69, 9.17) is 15.6 Å². The van der Waals surface area contributed by atoms with Gasteiger partial charge in [0.15, 0.2) is 11.6 Å². The number of aliphatic hydroxyl groups excluding tert-OH is 1. The van der Waals surface area contributed by atoms with Crippen LogP contribution in [0.5, 0.6) is 5.75 Å². The van der Waals surface area contributed by atoms with E-state index in [1.807, 2.05) is 18.0 Å². The average molecular weight is 256 g/mol. The largest absolute Gasteiger partial charge is 0.494 e. The highest BCUT2D eigenvalue weighted by atomic mass is 19.1. The molecule has 1 rings (SSSR count). The van der Waals surface area contributed by atoms with Gasteiger partial charge in [-0.2, -0.15) is 0 Å². The smallest absolute Gasteiger partial charge is 0.165 e. The van der Waals surface area contributed by atoms with Crippen LogP contribution in [0.2, 0.25) is 0 Å². The molecule has 0 bridgehead atoms. The highest BCUT2D eigenvalue weighted by molar-refractivity contribution is 5.29. The zero-order chi connectivity index (χ0) is 13.5. The summed E-state index contributed by atoms with van der Waals surface area (Å²) in [6.45, 7) is 1.36. The Morgan fingerprint density at radius 3 is 2.78 bits per heavy atom. The van der Waals surface area contributed by atoms with Crippen molar-refractivity contribution in [2.45, 2.75) is 12.5 Å². The fourth-order valence-electron chi connectivity index (χ4n) is 1.73. The average Bonchev–Trinajstić information content (AvgIpc) is 2.36. The molecule has 0 aliphatic rings. The van der Waals surface area contributed by atoms with E-state index in [2.05, 4.69) is 0 Å². The molecule has 1 aromatic rings. The van der Waals surface area contributed by atoms with Crippen molar-refractivity contribution in [2.24, 2.45) is 5.73 Å². The lowest BCUT2D eigenvalue weighted by Crippen LogP contribution is -2.38. The van der Waals surface area contributed by atoms with Gasteiger partial charge < -0.3 is 20.5 Å². The number of ether oxygens (including phenoxy) is 1. The third-order valence-corrected chi connectivity index (χ3v) is 2.78. The van der Waals surface area contributed by atoms with Gasteiger partial charge in [0.2, 0.25) is 0 Å². The van der Waals surface area contributed by atoms with Crippen LogP contribution < -0.4 is 10.5 Å². The van der Waals surface area contributed by atoms with Gasteiger partial charge in [0, 0.05) is 19.1 Å². The first kappa shape index (κ1) is 14.9. The molecule has 3 N–H and O–H groups in total. The second kappa shape index (κ2) is 7.31. The molecule has 0 heterocycles. The van der Waals surface area contributed by atoms with Crippen molar-refractivity contribution >= 4 is 0 Å². The van der Waals surface area contributed by atoms with E-state index in [0.717, 1.165) is 18.5 Å². The van der Waals surface area contributed by atoms with Crippen LogP contribution in [0, 0.1) is 5.82 Å². The lowest BCUT2D eigenvalue weighted by Gasteiger charge is -2.19. The molecule has 18 heavy (non-hydrogen) atoms. The topological polar surface area (TPSA) is 58.7 Å². The Kier molecular flexibility index (Phi) is 6.04. The van der Waals surface area contributed by atoms with E-state index in [9.17, 15) is 4.39 Å². The van der Waals surface area contributed by atoms with Crippen LogP contribution >= 0.6 is 0 Å². The van der Waals surface area contributed by atoms with Crippen molar-refractivity contribution in [3.63, 3.8) is 0 Å². The van der Waals surface area contributed by atoms with Gasteiger partial charge in [-0.05, 0) is 31.2 Å². The summed E-state index contributed by atoms with van der Waals surface area (Å²) in [5.74, 6) is -0.0841. The summed E-state index contributed by atoms with van der Waals surface area (Å²) in [4.78, 5) is 2.02. The van der Waals surface area contributed by atoms with Gasteiger partial charge in [0.1, 0.15) is 0 Å². The van der Waals surface area contributed by atoms with Crippen LogP contribution in [-0.4, -0.2) is 49.9 Å². The Labute approximate surface area is 107 Å². The van der Waals surface area contributed by atoms with Crippen LogP contribution in [0.1, 0.15) is 5.56 Å². The number of hydrogen-bond acceptors (Lipinski definition) is 4. The Hall–Kier alpha value is -1.17. The van der Waals surface area contributed by atoms with Crippen molar-refractivity contribution in [3.8, 4) is 5.75 Å². The quantitative estimate of drug-likeness (QED) is 0.751. The third-order valence-electron chi connectivity index (χ3n) is 2.78. The minimum Gasteiger partial charge on any atom is -0.494 e. The summed E-state index contributed by atoms with van der Waals surface area (Å²) in [5.41, 5.74) is 6.55. The molecule has 0 radical (unpaired) electrons. The molecule has 4 nitrogen and oxygen atoms in total. The minimum atomic E-state index is -0.343. The molecule has 5 heteroatoms. The van der Waals surface area contributed by atoms with E-state index in [0.29, 0.717) is 6.54 Å². The summed E-state index contributed by atoms with van der Waals surface area (Å²) >= 11 is 0. The number of benzene rings is 1. The summed E-state index contributed by atoms with van der Waals surface area (Å²) in [6, 6.07) is 4.73. The molecule has 102 valence electrons. The van der Waals surface area contributed by atoms with Crippen LogP contribution in [0.25, 0.3) is 0 Å². The highest BCUT2D eigenvalue weighted by Gasteiger charge is 2.07. The third kappa shape index (κ3) is 4.60. The van der Waals surface area contributed by atoms with Crippen molar-refractivity contribution in [2.75, 3.05) is 33.9 Å². The second-order valence-electron chi connectivity index (χ2n) is 4.42. The number of nitrogens with two attached hydrogens (primary N) is 1. The lowest BCUT2D eigenvalue weighted by molar-refractivity contribution is 0.222. The van der Waals surface area contributed by atoms with E-state index in [1.165, 1.54) is 13.2 Å². The number of hydrogen-bond donors (Lipinski definition) is 2. The van der Waals surface area contributed by atoms with Crippen molar-refractivity contribution in [3.05, 3.63) is 29.6 Å². The summed E-state index contributed by atoms with van der Waals surface area (Å²) in [6.07, 6.45) is 0.732. The summed E-state index contributed by atoms with van der Waals surface area (Å²) in [5, 5.41) is 8.85.